The van der Waals surface area contributed by atoms with Gasteiger partial charge in [-0.25, -0.2) is 0 Å². The molecule has 0 spiro atoms. The second kappa shape index (κ2) is 5.22. The summed E-state index contributed by atoms with van der Waals surface area (Å²) in [6, 6.07) is 10.1. The molecule has 0 unspecified atom stereocenters. The fourth-order valence-corrected chi connectivity index (χ4v) is 2.13. The van der Waals surface area contributed by atoms with Crippen molar-refractivity contribution < 1.29 is 0 Å². The Morgan fingerprint density at radius 3 is 1.58 bits per heavy atom. The number of nitrogens with zero attached hydrogens (tertiary/aromatic N) is 2. The third kappa shape index (κ3) is 3.19. The van der Waals surface area contributed by atoms with Crippen molar-refractivity contribution >= 4 is 17.1 Å². The van der Waals surface area contributed by atoms with E-state index in [0.29, 0.717) is 0 Å². The van der Waals surface area contributed by atoms with Gasteiger partial charge in [-0.05, 0) is 74.2 Å². The molecule has 0 aliphatic carbocycles. The minimum Gasteiger partial charge on any atom is -0.398 e. The van der Waals surface area contributed by atoms with Crippen LogP contribution >= 0.6 is 0 Å². The smallest absolute Gasteiger partial charge is 0.0863 e. The molecule has 0 amide bonds. The van der Waals surface area contributed by atoms with E-state index in [1.165, 1.54) is 11.1 Å². The molecule has 2 aromatic carbocycles. The number of nitrogens with two attached hydrogens (primary N) is 1. The molecule has 0 fully saturated rings. The highest BCUT2D eigenvalue weighted by Gasteiger charge is 2.01. The number of rotatable bonds is 2. The molecule has 0 aliphatic heterocycles. The van der Waals surface area contributed by atoms with Gasteiger partial charge in [0.2, 0.25) is 0 Å². The zero-order valence-electron chi connectivity index (χ0n) is 11.9. The highest BCUT2D eigenvalue weighted by atomic mass is 15.1. The predicted octanol–water partition coefficient (Wildman–Crippen LogP) is 4.92. The molecule has 3 nitrogen and oxygen atoms in total. The molecule has 0 heterocycles. The van der Waals surface area contributed by atoms with E-state index < -0.39 is 0 Å². The minimum atomic E-state index is 0.824. The molecule has 3 heteroatoms. The number of hydrogen-bond acceptors (Lipinski definition) is 3. The van der Waals surface area contributed by atoms with Crippen molar-refractivity contribution in [1.29, 1.82) is 0 Å². The van der Waals surface area contributed by atoms with Gasteiger partial charge in [0.15, 0.2) is 0 Å². The maximum absolute atomic E-state index is 5.93. The summed E-state index contributed by atoms with van der Waals surface area (Å²) in [7, 11) is 0. The van der Waals surface area contributed by atoms with Crippen LogP contribution in [-0.4, -0.2) is 0 Å². The van der Waals surface area contributed by atoms with E-state index in [1.54, 1.807) is 0 Å². The molecule has 0 saturated heterocycles. The monoisotopic (exact) mass is 253 g/mol. The van der Waals surface area contributed by atoms with Crippen LogP contribution < -0.4 is 5.73 Å². The van der Waals surface area contributed by atoms with Gasteiger partial charge in [0.05, 0.1) is 11.4 Å². The summed E-state index contributed by atoms with van der Waals surface area (Å²) in [6.45, 7) is 8.09. The van der Waals surface area contributed by atoms with E-state index in [0.717, 1.165) is 28.2 Å². The van der Waals surface area contributed by atoms with Gasteiger partial charge in [0, 0.05) is 5.69 Å². The summed E-state index contributed by atoms with van der Waals surface area (Å²) in [4.78, 5) is 0. The van der Waals surface area contributed by atoms with Gasteiger partial charge in [0.25, 0.3) is 0 Å². The van der Waals surface area contributed by atoms with Gasteiger partial charge in [-0.15, -0.1) is 0 Å². The molecule has 2 N–H and O–H groups in total. The minimum absolute atomic E-state index is 0.824. The largest absolute Gasteiger partial charge is 0.398 e. The van der Waals surface area contributed by atoms with E-state index in [2.05, 4.69) is 30.1 Å². The first-order valence-corrected chi connectivity index (χ1v) is 6.32. The van der Waals surface area contributed by atoms with Gasteiger partial charge >= 0.3 is 0 Å². The lowest BCUT2D eigenvalue weighted by atomic mass is 10.1. The molecule has 0 aromatic heterocycles. The van der Waals surface area contributed by atoms with Crippen LogP contribution in [0, 0.1) is 27.7 Å². The fourth-order valence-electron chi connectivity index (χ4n) is 2.13. The van der Waals surface area contributed by atoms with Gasteiger partial charge in [-0.2, -0.15) is 10.2 Å². The standard InChI is InChI=1S/C16H19N3/c1-10-5-11(2)7-14(6-10)18-19-15-8-12(3)16(17)13(4)9-15/h5-9H,17H2,1-4H3. The van der Waals surface area contributed by atoms with E-state index >= 15 is 0 Å². The Hall–Kier alpha value is -2.16. The van der Waals surface area contributed by atoms with Gasteiger partial charge in [-0.3, -0.25) is 0 Å². The van der Waals surface area contributed by atoms with Crippen molar-refractivity contribution in [3.8, 4) is 0 Å². The van der Waals surface area contributed by atoms with Crippen LogP contribution in [0.15, 0.2) is 40.6 Å². The number of hydrogen-bond donors (Lipinski definition) is 1. The topological polar surface area (TPSA) is 50.7 Å². The third-order valence-corrected chi connectivity index (χ3v) is 3.07. The van der Waals surface area contributed by atoms with Crippen molar-refractivity contribution in [2.24, 2.45) is 10.2 Å². The molecule has 2 rings (SSSR count). The normalized spacial score (nSPS) is 11.2. The number of nitrogen functional groups attached to an aromatic ring is 1. The maximum Gasteiger partial charge on any atom is 0.0863 e. The number of azo groups is 1. The van der Waals surface area contributed by atoms with E-state index in [4.69, 9.17) is 5.73 Å². The molecule has 0 bridgehead atoms. The average Bonchev–Trinajstić information content (AvgIpc) is 2.32. The lowest BCUT2D eigenvalue weighted by Crippen LogP contribution is -1.92. The van der Waals surface area contributed by atoms with Crippen LogP contribution in [0.25, 0.3) is 0 Å². The van der Waals surface area contributed by atoms with Crippen molar-refractivity contribution in [2.75, 3.05) is 5.73 Å². The van der Waals surface area contributed by atoms with E-state index in [-0.39, 0.29) is 0 Å². The Bertz CT molecular complexity index is 599. The Morgan fingerprint density at radius 2 is 1.11 bits per heavy atom. The summed E-state index contributed by atoms with van der Waals surface area (Å²) >= 11 is 0. The highest BCUT2D eigenvalue weighted by molar-refractivity contribution is 5.59. The summed E-state index contributed by atoms with van der Waals surface area (Å²) < 4.78 is 0. The molecular weight excluding hydrogens is 234 g/mol. The average molecular weight is 253 g/mol. The van der Waals surface area contributed by atoms with Gasteiger partial charge in [0.1, 0.15) is 0 Å². The molecular formula is C16H19N3. The molecule has 0 atom stereocenters. The Labute approximate surface area is 114 Å². The zero-order valence-corrected chi connectivity index (χ0v) is 11.9. The second-order valence-corrected chi connectivity index (χ2v) is 5.04. The van der Waals surface area contributed by atoms with E-state index in [9.17, 15) is 0 Å². The lowest BCUT2D eigenvalue weighted by Gasteiger charge is -2.05. The maximum atomic E-state index is 5.93. The fraction of sp³-hybridized carbons (Fsp3) is 0.250. The van der Waals surface area contributed by atoms with Crippen molar-refractivity contribution in [3.63, 3.8) is 0 Å². The summed E-state index contributed by atoms with van der Waals surface area (Å²) in [5.41, 5.74) is 12.9. The van der Waals surface area contributed by atoms with Crippen molar-refractivity contribution in [2.45, 2.75) is 27.7 Å². The number of anilines is 1. The SMILES string of the molecule is Cc1cc(C)cc(N=Nc2cc(C)c(N)c(C)c2)c1. The Morgan fingerprint density at radius 1 is 0.684 bits per heavy atom. The summed E-state index contributed by atoms with van der Waals surface area (Å²) in [6.07, 6.45) is 0. The van der Waals surface area contributed by atoms with Crippen molar-refractivity contribution in [1.82, 2.24) is 0 Å². The van der Waals surface area contributed by atoms with Gasteiger partial charge < -0.3 is 5.73 Å². The lowest BCUT2D eigenvalue weighted by molar-refractivity contribution is 1.20. The van der Waals surface area contributed by atoms with Crippen LogP contribution in [-0.2, 0) is 0 Å². The van der Waals surface area contributed by atoms with Gasteiger partial charge in [-0.1, -0.05) is 6.07 Å². The predicted molar refractivity (Wildman–Crippen MR) is 80.4 cm³/mol. The highest BCUT2D eigenvalue weighted by Crippen LogP contribution is 2.26. The van der Waals surface area contributed by atoms with Crippen molar-refractivity contribution in [3.05, 3.63) is 52.6 Å². The van der Waals surface area contributed by atoms with Crippen LogP contribution in [0.4, 0.5) is 17.1 Å². The van der Waals surface area contributed by atoms with Crippen LogP contribution in [0.3, 0.4) is 0 Å². The number of aryl methyl sites for hydroxylation is 4. The molecule has 19 heavy (non-hydrogen) atoms. The zero-order chi connectivity index (χ0) is 14.0. The molecule has 98 valence electrons. The van der Waals surface area contributed by atoms with Crippen LogP contribution in [0.2, 0.25) is 0 Å². The quantitative estimate of drug-likeness (QED) is 0.599. The van der Waals surface area contributed by atoms with E-state index in [1.807, 2.05) is 38.1 Å². The summed E-state index contributed by atoms with van der Waals surface area (Å²) in [5, 5.41) is 8.59. The van der Waals surface area contributed by atoms with Crippen LogP contribution in [0.5, 0.6) is 0 Å². The Balaban J connectivity index is 2.32. The molecule has 0 aliphatic rings. The first kappa shape index (κ1) is 13.3. The second-order valence-electron chi connectivity index (χ2n) is 5.04. The third-order valence-electron chi connectivity index (χ3n) is 3.07. The van der Waals surface area contributed by atoms with Crippen LogP contribution in [0.1, 0.15) is 22.3 Å². The molecule has 2 aromatic rings. The molecule has 0 radical (unpaired) electrons. The Kier molecular flexibility index (Phi) is 3.65. The number of benzene rings is 2. The summed E-state index contributed by atoms with van der Waals surface area (Å²) in [5.74, 6) is 0. The molecule has 0 saturated carbocycles. The first-order chi connectivity index (χ1) is 8.95. The first-order valence-electron chi connectivity index (χ1n) is 6.32.